The Morgan fingerprint density at radius 1 is 1.42 bits per heavy atom. The molecule has 5 nitrogen and oxygen atoms in total. The van der Waals surface area contributed by atoms with Gasteiger partial charge in [-0.1, -0.05) is 6.92 Å². The van der Waals surface area contributed by atoms with Crippen LogP contribution in [0.1, 0.15) is 32.8 Å². The van der Waals surface area contributed by atoms with Gasteiger partial charge in [0.05, 0.1) is 18.8 Å². The van der Waals surface area contributed by atoms with Crippen molar-refractivity contribution < 1.29 is 4.74 Å². The highest BCUT2D eigenvalue weighted by Gasteiger charge is 2.28. The van der Waals surface area contributed by atoms with E-state index in [0.717, 1.165) is 43.3 Å². The predicted octanol–water partition coefficient (Wildman–Crippen LogP) is 2.22. The minimum atomic E-state index is 0.250. The van der Waals surface area contributed by atoms with E-state index in [2.05, 4.69) is 47.9 Å². The molecule has 106 valence electrons. The molecule has 5 heteroatoms. The molecule has 1 aromatic heterocycles. The summed E-state index contributed by atoms with van der Waals surface area (Å²) in [5.41, 5.74) is 1.12. The van der Waals surface area contributed by atoms with Crippen LogP contribution in [0.5, 0.6) is 0 Å². The van der Waals surface area contributed by atoms with E-state index >= 15 is 0 Å². The second-order valence-corrected chi connectivity index (χ2v) is 5.06. The first-order chi connectivity index (χ1) is 9.17. The molecule has 1 N–H and O–H groups in total. The summed E-state index contributed by atoms with van der Waals surface area (Å²) in [5, 5.41) is 3.29. The van der Waals surface area contributed by atoms with Gasteiger partial charge in [0.2, 0.25) is 0 Å². The summed E-state index contributed by atoms with van der Waals surface area (Å²) in [4.78, 5) is 11.2. The summed E-state index contributed by atoms with van der Waals surface area (Å²) in [6.07, 6.45) is 2.96. The molecule has 0 radical (unpaired) electrons. The van der Waals surface area contributed by atoms with Crippen molar-refractivity contribution in [3.8, 4) is 0 Å². The summed E-state index contributed by atoms with van der Waals surface area (Å²) in [6, 6.07) is 0.402. The summed E-state index contributed by atoms with van der Waals surface area (Å²) in [7, 11) is 0. The maximum Gasteiger partial charge on any atom is 0.137 e. The SMILES string of the molecule is CCNc1ncnc(N2CC(C)OCC2CC)c1C. The van der Waals surface area contributed by atoms with Gasteiger partial charge in [-0.3, -0.25) is 0 Å². The first-order valence-electron chi connectivity index (χ1n) is 7.11. The summed E-state index contributed by atoms with van der Waals surface area (Å²) >= 11 is 0. The maximum atomic E-state index is 5.75. The standard InChI is InChI=1S/C14H24N4O/c1-5-12-8-19-10(3)7-18(12)14-11(4)13(15-6-2)16-9-17-14/h9-10,12H,5-8H2,1-4H3,(H,15,16,17). The number of hydrogen-bond acceptors (Lipinski definition) is 5. The molecule has 1 aliphatic rings. The highest BCUT2D eigenvalue weighted by Crippen LogP contribution is 2.27. The van der Waals surface area contributed by atoms with Gasteiger partial charge < -0.3 is 15.0 Å². The summed E-state index contributed by atoms with van der Waals surface area (Å²) < 4.78 is 5.75. The van der Waals surface area contributed by atoms with Gasteiger partial charge in [0.25, 0.3) is 0 Å². The molecule has 1 fully saturated rings. The van der Waals surface area contributed by atoms with Crippen LogP contribution in [0.15, 0.2) is 6.33 Å². The monoisotopic (exact) mass is 264 g/mol. The van der Waals surface area contributed by atoms with Crippen LogP contribution in [-0.2, 0) is 4.74 Å². The van der Waals surface area contributed by atoms with Crippen LogP contribution in [0, 0.1) is 6.92 Å². The Kier molecular flexibility index (Phi) is 4.58. The van der Waals surface area contributed by atoms with Gasteiger partial charge in [-0.05, 0) is 27.2 Å². The van der Waals surface area contributed by atoms with Crippen molar-refractivity contribution in [2.75, 3.05) is 29.9 Å². The Morgan fingerprint density at radius 2 is 2.21 bits per heavy atom. The third-order valence-corrected chi connectivity index (χ3v) is 3.61. The summed E-state index contributed by atoms with van der Waals surface area (Å²) in [5.74, 6) is 1.97. The zero-order chi connectivity index (χ0) is 13.8. The quantitative estimate of drug-likeness (QED) is 0.903. The van der Waals surface area contributed by atoms with Gasteiger partial charge in [-0.15, -0.1) is 0 Å². The minimum Gasteiger partial charge on any atom is -0.375 e. The van der Waals surface area contributed by atoms with Crippen molar-refractivity contribution in [2.45, 2.75) is 46.3 Å². The van der Waals surface area contributed by atoms with E-state index in [1.807, 2.05) is 0 Å². The minimum absolute atomic E-state index is 0.250. The number of anilines is 2. The van der Waals surface area contributed by atoms with E-state index in [-0.39, 0.29) is 6.10 Å². The maximum absolute atomic E-state index is 5.75. The molecule has 0 saturated carbocycles. The molecule has 2 atom stereocenters. The van der Waals surface area contributed by atoms with Crippen molar-refractivity contribution in [1.29, 1.82) is 0 Å². The average molecular weight is 264 g/mol. The third-order valence-electron chi connectivity index (χ3n) is 3.61. The lowest BCUT2D eigenvalue weighted by molar-refractivity contribution is 0.0295. The number of ether oxygens (including phenoxy) is 1. The van der Waals surface area contributed by atoms with Crippen molar-refractivity contribution in [1.82, 2.24) is 9.97 Å². The Morgan fingerprint density at radius 3 is 2.89 bits per heavy atom. The molecular formula is C14H24N4O. The number of rotatable bonds is 4. The van der Waals surface area contributed by atoms with E-state index in [1.165, 1.54) is 0 Å². The molecule has 1 saturated heterocycles. The van der Waals surface area contributed by atoms with E-state index in [0.29, 0.717) is 6.04 Å². The van der Waals surface area contributed by atoms with Crippen LogP contribution >= 0.6 is 0 Å². The largest absolute Gasteiger partial charge is 0.375 e. The zero-order valence-corrected chi connectivity index (χ0v) is 12.3. The molecule has 2 heterocycles. The molecule has 1 aromatic rings. The fourth-order valence-electron chi connectivity index (χ4n) is 2.52. The lowest BCUT2D eigenvalue weighted by Gasteiger charge is -2.39. The first kappa shape index (κ1) is 14.1. The highest BCUT2D eigenvalue weighted by molar-refractivity contribution is 5.58. The van der Waals surface area contributed by atoms with E-state index in [4.69, 9.17) is 4.74 Å². The van der Waals surface area contributed by atoms with E-state index in [9.17, 15) is 0 Å². The number of morpholine rings is 1. The average Bonchev–Trinajstić information content (AvgIpc) is 2.41. The lowest BCUT2D eigenvalue weighted by atomic mass is 10.1. The normalized spacial score (nSPS) is 23.5. The van der Waals surface area contributed by atoms with Crippen LogP contribution < -0.4 is 10.2 Å². The van der Waals surface area contributed by atoms with Gasteiger partial charge in [0, 0.05) is 18.7 Å². The van der Waals surface area contributed by atoms with Crippen molar-refractivity contribution in [3.05, 3.63) is 11.9 Å². The molecule has 0 aromatic carbocycles. The molecule has 2 unspecified atom stereocenters. The Bertz CT molecular complexity index is 424. The van der Waals surface area contributed by atoms with Crippen LogP contribution in [0.3, 0.4) is 0 Å². The Labute approximate surface area is 115 Å². The van der Waals surface area contributed by atoms with Crippen LogP contribution in [0.25, 0.3) is 0 Å². The number of hydrogen-bond donors (Lipinski definition) is 1. The molecule has 19 heavy (non-hydrogen) atoms. The van der Waals surface area contributed by atoms with Crippen molar-refractivity contribution in [3.63, 3.8) is 0 Å². The first-order valence-corrected chi connectivity index (χ1v) is 7.11. The summed E-state index contributed by atoms with van der Waals surface area (Å²) in [6.45, 7) is 11.0. The lowest BCUT2D eigenvalue weighted by Crippen LogP contribution is -2.49. The fourth-order valence-corrected chi connectivity index (χ4v) is 2.52. The van der Waals surface area contributed by atoms with Gasteiger partial charge in [-0.2, -0.15) is 0 Å². The molecule has 1 aliphatic heterocycles. The van der Waals surface area contributed by atoms with Crippen LogP contribution in [0.4, 0.5) is 11.6 Å². The number of aromatic nitrogens is 2. The molecule has 0 spiro atoms. The topological polar surface area (TPSA) is 50.3 Å². The van der Waals surface area contributed by atoms with E-state index in [1.54, 1.807) is 6.33 Å². The molecular weight excluding hydrogens is 240 g/mol. The third kappa shape index (κ3) is 2.97. The molecule has 0 amide bonds. The van der Waals surface area contributed by atoms with Gasteiger partial charge in [0.1, 0.15) is 18.0 Å². The van der Waals surface area contributed by atoms with Crippen molar-refractivity contribution >= 4 is 11.6 Å². The smallest absolute Gasteiger partial charge is 0.137 e. The second-order valence-electron chi connectivity index (χ2n) is 5.06. The van der Waals surface area contributed by atoms with Crippen LogP contribution in [-0.4, -0.2) is 41.8 Å². The van der Waals surface area contributed by atoms with Gasteiger partial charge in [-0.25, -0.2) is 9.97 Å². The Hall–Kier alpha value is -1.36. The number of nitrogens with zero attached hydrogens (tertiary/aromatic N) is 3. The molecule has 2 rings (SSSR count). The van der Waals surface area contributed by atoms with Crippen LogP contribution in [0.2, 0.25) is 0 Å². The molecule has 0 aliphatic carbocycles. The van der Waals surface area contributed by atoms with E-state index < -0.39 is 0 Å². The highest BCUT2D eigenvalue weighted by atomic mass is 16.5. The second kappa shape index (κ2) is 6.19. The number of nitrogens with one attached hydrogen (secondary N) is 1. The fraction of sp³-hybridized carbons (Fsp3) is 0.714. The van der Waals surface area contributed by atoms with Crippen molar-refractivity contribution in [2.24, 2.45) is 0 Å². The molecule has 0 bridgehead atoms. The van der Waals surface area contributed by atoms with Gasteiger partial charge >= 0.3 is 0 Å². The Balaban J connectivity index is 2.30. The predicted molar refractivity (Wildman–Crippen MR) is 77.8 cm³/mol. The zero-order valence-electron chi connectivity index (χ0n) is 12.3. The van der Waals surface area contributed by atoms with Gasteiger partial charge in [0.15, 0.2) is 0 Å².